The average molecular weight is 294 g/mol. The molecule has 0 amide bonds. The highest BCUT2D eigenvalue weighted by Gasteiger charge is 2.24. The number of benzene rings is 1. The summed E-state index contributed by atoms with van der Waals surface area (Å²) in [5, 5.41) is 23.2. The van der Waals surface area contributed by atoms with E-state index in [1.807, 2.05) is 20.8 Å². The van der Waals surface area contributed by atoms with E-state index in [1.165, 1.54) is 6.07 Å². The second kappa shape index (κ2) is 6.56. The van der Waals surface area contributed by atoms with Gasteiger partial charge in [0.15, 0.2) is 0 Å². The number of carboxylic acids is 1. The monoisotopic (exact) mass is 294 g/mol. The van der Waals surface area contributed by atoms with Crippen molar-refractivity contribution in [3.8, 4) is 0 Å². The summed E-state index contributed by atoms with van der Waals surface area (Å²) < 4.78 is 0. The number of nitro benzene ring substituents is 1. The van der Waals surface area contributed by atoms with Gasteiger partial charge in [0.2, 0.25) is 0 Å². The Kier molecular flexibility index (Phi) is 5.29. The Labute approximate surface area is 124 Å². The largest absolute Gasteiger partial charge is 0.481 e. The van der Waals surface area contributed by atoms with Gasteiger partial charge in [-0.3, -0.25) is 14.9 Å². The molecule has 0 aliphatic rings. The molecule has 0 radical (unpaired) electrons. The molecule has 0 saturated heterocycles. The third-order valence-electron chi connectivity index (χ3n) is 3.08. The van der Waals surface area contributed by atoms with Gasteiger partial charge in [0, 0.05) is 12.1 Å². The first kappa shape index (κ1) is 16.9. The summed E-state index contributed by atoms with van der Waals surface area (Å²) in [7, 11) is 0. The molecule has 2 N–H and O–H groups in total. The standard InChI is InChI=1S/C15H22N2O4/c1-10-6-5-7-12(17(20)21)14(10)16-11(8-13(18)19)9-15(2,3)4/h5-7,11,16H,8-9H2,1-4H3,(H,18,19). The van der Waals surface area contributed by atoms with Crippen LogP contribution in [0.1, 0.15) is 39.2 Å². The highest BCUT2D eigenvalue weighted by molar-refractivity contribution is 5.70. The van der Waals surface area contributed by atoms with Crippen LogP contribution in [0, 0.1) is 22.5 Å². The van der Waals surface area contributed by atoms with Crippen molar-refractivity contribution < 1.29 is 14.8 Å². The number of carbonyl (C=O) groups is 1. The van der Waals surface area contributed by atoms with E-state index in [9.17, 15) is 14.9 Å². The Bertz CT molecular complexity index is 535. The van der Waals surface area contributed by atoms with Crippen molar-refractivity contribution in [3.05, 3.63) is 33.9 Å². The molecular formula is C15H22N2O4. The smallest absolute Gasteiger partial charge is 0.305 e. The molecule has 6 nitrogen and oxygen atoms in total. The molecule has 1 aromatic rings. The number of nitrogens with one attached hydrogen (secondary N) is 1. The second-order valence-corrected chi connectivity index (χ2v) is 6.43. The maximum Gasteiger partial charge on any atom is 0.305 e. The van der Waals surface area contributed by atoms with Gasteiger partial charge >= 0.3 is 5.97 Å². The van der Waals surface area contributed by atoms with E-state index in [0.717, 1.165) is 5.56 Å². The van der Waals surface area contributed by atoms with Crippen LogP contribution in [0.25, 0.3) is 0 Å². The van der Waals surface area contributed by atoms with E-state index >= 15 is 0 Å². The van der Waals surface area contributed by atoms with Crippen LogP contribution in [-0.4, -0.2) is 22.0 Å². The number of rotatable bonds is 6. The second-order valence-electron chi connectivity index (χ2n) is 6.43. The number of aliphatic carboxylic acids is 1. The number of hydrogen-bond acceptors (Lipinski definition) is 4. The number of nitro groups is 1. The maximum atomic E-state index is 11.1. The van der Waals surface area contributed by atoms with Gasteiger partial charge in [-0.15, -0.1) is 0 Å². The number of anilines is 1. The zero-order valence-electron chi connectivity index (χ0n) is 12.8. The number of carboxylic acid groups (broad SMARTS) is 1. The lowest BCUT2D eigenvalue weighted by Gasteiger charge is -2.27. The summed E-state index contributed by atoms with van der Waals surface area (Å²) in [5.74, 6) is -0.923. The zero-order chi connectivity index (χ0) is 16.2. The zero-order valence-corrected chi connectivity index (χ0v) is 12.8. The molecule has 1 aromatic carbocycles. The van der Waals surface area contributed by atoms with Crippen molar-refractivity contribution in [3.63, 3.8) is 0 Å². The molecule has 0 aliphatic heterocycles. The molecule has 1 unspecified atom stereocenters. The third-order valence-corrected chi connectivity index (χ3v) is 3.08. The number of nitrogens with zero attached hydrogens (tertiary/aromatic N) is 1. The Morgan fingerprint density at radius 1 is 1.43 bits per heavy atom. The predicted molar refractivity (Wildman–Crippen MR) is 81.6 cm³/mol. The Hall–Kier alpha value is -2.11. The summed E-state index contributed by atoms with van der Waals surface area (Å²) in [6.45, 7) is 7.80. The van der Waals surface area contributed by atoms with Crippen molar-refractivity contribution in [1.29, 1.82) is 0 Å². The Morgan fingerprint density at radius 2 is 2.05 bits per heavy atom. The van der Waals surface area contributed by atoms with Gasteiger partial charge < -0.3 is 10.4 Å². The molecular weight excluding hydrogens is 272 g/mol. The quantitative estimate of drug-likeness (QED) is 0.617. The summed E-state index contributed by atoms with van der Waals surface area (Å²) >= 11 is 0. The molecule has 0 aliphatic carbocycles. The highest BCUT2D eigenvalue weighted by Crippen LogP contribution is 2.31. The molecule has 0 saturated carbocycles. The lowest BCUT2D eigenvalue weighted by Crippen LogP contribution is -2.29. The molecule has 0 bridgehead atoms. The van der Waals surface area contributed by atoms with E-state index in [0.29, 0.717) is 12.1 Å². The summed E-state index contributed by atoms with van der Waals surface area (Å²) in [6, 6.07) is 4.45. The lowest BCUT2D eigenvalue weighted by molar-refractivity contribution is -0.384. The fourth-order valence-electron chi connectivity index (χ4n) is 2.32. The van der Waals surface area contributed by atoms with Gasteiger partial charge in [0.05, 0.1) is 11.3 Å². The van der Waals surface area contributed by atoms with Gasteiger partial charge in [-0.25, -0.2) is 0 Å². The fourth-order valence-corrected chi connectivity index (χ4v) is 2.32. The van der Waals surface area contributed by atoms with Crippen LogP contribution in [0.5, 0.6) is 0 Å². The van der Waals surface area contributed by atoms with E-state index in [1.54, 1.807) is 19.1 Å². The van der Waals surface area contributed by atoms with Crippen molar-refractivity contribution in [2.45, 2.75) is 46.6 Å². The van der Waals surface area contributed by atoms with Crippen LogP contribution in [-0.2, 0) is 4.79 Å². The van der Waals surface area contributed by atoms with Crippen molar-refractivity contribution in [1.82, 2.24) is 0 Å². The van der Waals surface area contributed by atoms with Gasteiger partial charge in [-0.2, -0.15) is 0 Å². The van der Waals surface area contributed by atoms with Crippen molar-refractivity contribution in [2.75, 3.05) is 5.32 Å². The van der Waals surface area contributed by atoms with E-state index in [-0.39, 0.29) is 23.6 Å². The third kappa shape index (κ3) is 5.41. The van der Waals surface area contributed by atoms with Crippen LogP contribution < -0.4 is 5.32 Å². The first-order valence-electron chi connectivity index (χ1n) is 6.82. The molecule has 21 heavy (non-hydrogen) atoms. The summed E-state index contributed by atoms with van der Waals surface area (Å²) in [6.07, 6.45) is 0.521. The molecule has 0 heterocycles. The van der Waals surface area contributed by atoms with Gasteiger partial charge in [0.1, 0.15) is 5.69 Å². The topological polar surface area (TPSA) is 92.5 Å². The molecule has 6 heteroatoms. The fraction of sp³-hybridized carbons (Fsp3) is 0.533. The van der Waals surface area contributed by atoms with Crippen LogP contribution in [0.15, 0.2) is 18.2 Å². The minimum absolute atomic E-state index is 0.0284. The molecule has 0 aromatic heterocycles. The van der Waals surface area contributed by atoms with Crippen LogP contribution >= 0.6 is 0 Å². The predicted octanol–water partition coefficient (Wildman–Crippen LogP) is 3.59. The number of aryl methyl sites for hydroxylation is 1. The highest BCUT2D eigenvalue weighted by atomic mass is 16.6. The Balaban J connectivity index is 3.08. The molecule has 1 atom stereocenters. The minimum Gasteiger partial charge on any atom is -0.481 e. The normalized spacial score (nSPS) is 12.8. The molecule has 1 rings (SSSR count). The van der Waals surface area contributed by atoms with Gasteiger partial charge in [-0.1, -0.05) is 32.9 Å². The first-order chi connectivity index (χ1) is 9.60. The van der Waals surface area contributed by atoms with E-state index in [4.69, 9.17) is 5.11 Å². The van der Waals surface area contributed by atoms with Crippen molar-refractivity contribution >= 4 is 17.3 Å². The van der Waals surface area contributed by atoms with Crippen LogP contribution in [0.4, 0.5) is 11.4 Å². The average Bonchev–Trinajstić information content (AvgIpc) is 2.28. The minimum atomic E-state index is -0.923. The number of para-hydroxylation sites is 1. The SMILES string of the molecule is Cc1cccc([N+](=O)[O-])c1NC(CC(=O)O)CC(C)(C)C. The molecule has 116 valence electrons. The van der Waals surface area contributed by atoms with Crippen LogP contribution in [0.2, 0.25) is 0 Å². The Morgan fingerprint density at radius 3 is 2.52 bits per heavy atom. The number of hydrogen-bond donors (Lipinski definition) is 2. The van der Waals surface area contributed by atoms with Crippen LogP contribution in [0.3, 0.4) is 0 Å². The van der Waals surface area contributed by atoms with Gasteiger partial charge in [-0.05, 0) is 24.3 Å². The summed E-state index contributed by atoms with van der Waals surface area (Å²) in [4.78, 5) is 21.7. The van der Waals surface area contributed by atoms with E-state index < -0.39 is 10.9 Å². The maximum absolute atomic E-state index is 11.1. The lowest BCUT2D eigenvalue weighted by atomic mass is 9.86. The first-order valence-corrected chi connectivity index (χ1v) is 6.82. The van der Waals surface area contributed by atoms with Crippen molar-refractivity contribution in [2.24, 2.45) is 5.41 Å². The summed E-state index contributed by atoms with van der Waals surface area (Å²) in [5.41, 5.74) is 1.02. The molecule has 0 fully saturated rings. The van der Waals surface area contributed by atoms with Gasteiger partial charge in [0.25, 0.3) is 5.69 Å². The molecule has 0 spiro atoms. The van der Waals surface area contributed by atoms with E-state index in [2.05, 4.69) is 5.32 Å².